The van der Waals surface area contributed by atoms with Crippen LogP contribution in [0.2, 0.25) is 0 Å². The van der Waals surface area contributed by atoms with E-state index in [0.29, 0.717) is 11.6 Å². The van der Waals surface area contributed by atoms with Gasteiger partial charge in [0.15, 0.2) is 0 Å². The standard InChI is InChI=1S/C20H18N4O2S/c1-2-12-21-20(26)22-17(25)13-27-19-16-11-7-6-10-15(16)18(23-24-19)14-8-4-3-5-9-14/h2-11H,1,12-13H2,(H2,21,22,25,26). The van der Waals surface area contributed by atoms with E-state index in [0.717, 1.165) is 22.0 Å². The average molecular weight is 378 g/mol. The Bertz CT molecular complexity index is 976. The van der Waals surface area contributed by atoms with E-state index in [1.807, 2.05) is 54.6 Å². The molecule has 3 amide bonds. The second-order valence-corrected chi connectivity index (χ2v) is 6.56. The number of carbonyl (C=O) groups excluding carboxylic acids is 2. The maximum absolute atomic E-state index is 11.9. The molecule has 1 aromatic heterocycles. The van der Waals surface area contributed by atoms with Crippen LogP contribution in [0.1, 0.15) is 0 Å². The van der Waals surface area contributed by atoms with E-state index in [2.05, 4.69) is 27.4 Å². The summed E-state index contributed by atoms with van der Waals surface area (Å²) in [6.07, 6.45) is 1.54. The van der Waals surface area contributed by atoms with Gasteiger partial charge in [-0.05, 0) is 0 Å². The first kappa shape index (κ1) is 18.6. The van der Waals surface area contributed by atoms with Gasteiger partial charge in [-0.1, -0.05) is 72.4 Å². The summed E-state index contributed by atoms with van der Waals surface area (Å²) in [4.78, 5) is 23.5. The zero-order valence-corrected chi connectivity index (χ0v) is 15.3. The molecular formula is C20H18N4O2S. The zero-order valence-electron chi connectivity index (χ0n) is 14.5. The van der Waals surface area contributed by atoms with Crippen LogP contribution in [0.5, 0.6) is 0 Å². The number of fused-ring (bicyclic) bond motifs is 1. The smallest absolute Gasteiger partial charge is 0.321 e. The molecule has 7 heteroatoms. The van der Waals surface area contributed by atoms with E-state index in [9.17, 15) is 9.59 Å². The van der Waals surface area contributed by atoms with E-state index in [-0.39, 0.29) is 5.75 Å². The number of carbonyl (C=O) groups is 2. The minimum atomic E-state index is -0.545. The van der Waals surface area contributed by atoms with Crippen molar-refractivity contribution in [3.05, 3.63) is 67.3 Å². The summed E-state index contributed by atoms with van der Waals surface area (Å²) < 4.78 is 0. The van der Waals surface area contributed by atoms with Crippen LogP contribution in [-0.4, -0.2) is 34.4 Å². The number of benzene rings is 2. The lowest BCUT2D eigenvalue weighted by Crippen LogP contribution is -2.40. The number of imide groups is 1. The Morgan fingerprint density at radius 1 is 1.00 bits per heavy atom. The Kier molecular flexibility index (Phi) is 6.17. The van der Waals surface area contributed by atoms with Crippen LogP contribution in [0.3, 0.4) is 0 Å². The third-order valence-corrected chi connectivity index (χ3v) is 4.68. The highest BCUT2D eigenvalue weighted by atomic mass is 32.2. The van der Waals surface area contributed by atoms with Crippen molar-refractivity contribution in [3.63, 3.8) is 0 Å². The van der Waals surface area contributed by atoms with Crippen LogP contribution in [0.15, 0.2) is 72.3 Å². The number of nitrogens with zero attached hydrogens (tertiary/aromatic N) is 2. The normalized spacial score (nSPS) is 10.4. The average Bonchev–Trinajstić information content (AvgIpc) is 2.71. The minimum absolute atomic E-state index is 0.0604. The molecule has 1 heterocycles. The van der Waals surface area contributed by atoms with Crippen molar-refractivity contribution in [2.24, 2.45) is 0 Å². The number of hydrogen-bond acceptors (Lipinski definition) is 5. The van der Waals surface area contributed by atoms with Gasteiger partial charge in [0.2, 0.25) is 5.91 Å². The van der Waals surface area contributed by atoms with Gasteiger partial charge in [0.25, 0.3) is 0 Å². The lowest BCUT2D eigenvalue weighted by atomic mass is 10.1. The fourth-order valence-electron chi connectivity index (χ4n) is 2.50. The molecule has 0 unspecified atom stereocenters. The molecule has 2 aromatic carbocycles. The maximum Gasteiger partial charge on any atom is 0.321 e. The maximum atomic E-state index is 11.9. The zero-order chi connectivity index (χ0) is 19.1. The number of hydrogen-bond donors (Lipinski definition) is 2. The molecule has 3 rings (SSSR count). The number of thioether (sulfide) groups is 1. The van der Waals surface area contributed by atoms with Crippen LogP contribution in [0.25, 0.3) is 22.0 Å². The van der Waals surface area contributed by atoms with E-state index >= 15 is 0 Å². The first-order chi connectivity index (χ1) is 13.2. The number of rotatable bonds is 6. The van der Waals surface area contributed by atoms with Crippen molar-refractivity contribution < 1.29 is 9.59 Å². The molecule has 136 valence electrons. The summed E-state index contributed by atoms with van der Waals surface area (Å²) in [6.45, 7) is 3.79. The summed E-state index contributed by atoms with van der Waals surface area (Å²) in [5, 5.41) is 15.9. The Morgan fingerprint density at radius 2 is 1.70 bits per heavy atom. The molecule has 0 fully saturated rings. The number of amides is 3. The summed E-state index contributed by atoms with van der Waals surface area (Å²) >= 11 is 1.24. The summed E-state index contributed by atoms with van der Waals surface area (Å²) in [5.41, 5.74) is 1.78. The Labute approximate surface area is 161 Å². The van der Waals surface area contributed by atoms with Crippen LogP contribution in [-0.2, 0) is 4.79 Å². The number of urea groups is 1. The van der Waals surface area contributed by atoms with E-state index < -0.39 is 11.9 Å². The lowest BCUT2D eigenvalue weighted by Gasteiger charge is -2.09. The van der Waals surface area contributed by atoms with Gasteiger partial charge in [-0.3, -0.25) is 10.1 Å². The summed E-state index contributed by atoms with van der Waals surface area (Å²) in [7, 11) is 0. The molecule has 0 aliphatic carbocycles. The van der Waals surface area contributed by atoms with Crippen molar-refractivity contribution >= 4 is 34.5 Å². The van der Waals surface area contributed by atoms with Gasteiger partial charge in [-0.15, -0.1) is 16.8 Å². The lowest BCUT2D eigenvalue weighted by molar-refractivity contribution is -0.117. The monoisotopic (exact) mass is 378 g/mol. The largest absolute Gasteiger partial charge is 0.334 e. The second kappa shape index (κ2) is 8.95. The van der Waals surface area contributed by atoms with Crippen LogP contribution < -0.4 is 10.6 Å². The van der Waals surface area contributed by atoms with Gasteiger partial charge >= 0.3 is 6.03 Å². The van der Waals surface area contributed by atoms with E-state index in [1.54, 1.807) is 0 Å². The Morgan fingerprint density at radius 3 is 2.44 bits per heavy atom. The van der Waals surface area contributed by atoms with E-state index in [4.69, 9.17) is 0 Å². The van der Waals surface area contributed by atoms with Crippen molar-refractivity contribution in [1.29, 1.82) is 0 Å². The van der Waals surface area contributed by atoms with Crippen molar-refractivity contribution in [3.8, 4) is 11.3 Å². The molecule has 0 aliphatic heterocycles. The summed E-state index contributed by atoms with van der Waals surface area (Å²) in [5.74, 6) is -0.343. The van der Waals surface area contributed by atoms with Crippen LogP contribution >= 0.6 is 11.8 Å². The highest BCUT2D eigenvalue weighted by Gasteiger charge is 2.13. The van der Waals surface area contributed by atoms with Gasteiger partial charge < -0.3 is 5.32 Å². The first-order valence-corrected chi connectivity index (χ1v) is 9.30. The number of nitrogens with one attached hydrogen (secondary N) is 2. The highest BCUT2D eigenvalue weighted by Crippen LogP contribution is 2.31. The molecule has 0 saturated heterocycles. The third kappa shape index (κ3) is 4.71. The molecule has 2 N–H and O–H groups in total. The molecule has 0 bridgehead atoms. The summed E-state index contributed by atoms with van der Waals surface area (Å²) in [6, 6.07) is 17.1. The second-order valence-electron chi connectivity index (χ2n) is 5.60. The van der Waals surface area contributed by atoms with Crippen molar-refractivity contribution in [1.82, 2.24) is 20.8 Å². The number of aromatic nitrogens is 2. The fraction of sp³-hybridized carbons (Fsp3) is 0.100. The predicted octanol–water partition coefficient (Wildman–Crippen LogP) is 3.40. The molecule has 0 atom stereocenters. The Hall–Kier alpha value is -3.19. The molecule has 0 aliphatic rings. The van der Waals surface area contributed by atoms with Crippen LogP contribution in [0, 0.1) is 0 Å². The van der Waals surface area contributed by atoms with Gasteiger partial charge in [-0.25, -0.2) is 4.79 Å². The highest BCUT2D eigenvalue weighted by molar-refractivity contribution is 8.00. The van der Waals surface area contributed by atoms with Crippen molar-refractivity contribution in [2.45, 2.75) is 5.03 Å². The van der Waals surface area contributed by atoms with Gasteiger partial charge in [-0.2, -0.15) is 0 Å². The molecule has 0 radical (unpaired) electrons. The van der Waals surface area contributed by atoms with Crippen molar-refractivity contribution in [2.75, 3.05) is 12.3 Å². The van der Waals surface area contributed by atoms with Gasteiger partial charge in [0.05, 0.1) is 5.75 Å². The molecule has 6 nitrogen and oxygen atoms in total. The topological polar surface area (TPSA) is 84.0 Å². The van der Waals surface area contributed by atoms with Crippen LogP contribution in [0.4, 0.5) is 4.79 Å². The minimum Gasteiger partial charge on any atom is -0.334 e. The molecule has 0 spiro atoms. The molecular weight excluding hydrogens is 360 g/mol. The van der Waals surface area contributed by atoms with E-state index in [1.165, 1.54) is 17.8 Å². The first-order valence-electron chi connectivity index (χ1n) is 8.31. The molecule has 0 saturated carbocycles. The van der Waals surface area contributed by atoms with Gasteiger partial charge in [0, 0.05) is 22.9 Å². The fourth-order valence-corrected chi connectivity index (χ4v) is 3.27. The predicted molar refractivity (Wildman–Crippen MR) is 107 cm³/mol. The van der Waals surface area contributed by atoms with Gasteiger partial charge in [0.1, 0.15) is 10.7 Å². The SMILES string of the molecule is C=CCNC(=O)NC(=O)CSc1nnc(-c2ccccc2)c2ccccc12. The molecule has 27 heavy (non-hydrogen) atoms. The quantitative estimate of drug-likeness (QED) is 0.507. The molecule has 3 aromatic rings. The Balaban J connectivity index is 1.77. The third-order valence-electron chi connectivity index (χ3n) is 3.70.